The number of nitrogens with zero attached hydrogens (tertiary/aromatic N) is 1. The normalized spacial score (nSPS) is 12.7. The number of aryl methyl sites for hydroxylation is 1. The Morgan fingerprint density at radius 2 is 2.15 bits per heavy atom. The van der Waals surface area contributed by atoms with Crippen molar-refractivity contribution >= 4 is 5.97 Å². The van der Waals surface area contributed by atoms with Gasteiger partial charge in [0.05, 0.1) is 5.69 Å². The first kappa shape index (κ1) is 12.5. The van der Waals surface area contributed by atoms with Crippen molar-refractivity contribution in [3.05, 3.63) is 29.7 Å². The average Bonchev–Trinajstić information content (AvgIpc) is 3.04. The molecule has 0 spiro atoms. The van der Waals surface area contributed by atoms with Gasteiger partial charge in [0.25, 0.3) is 0 Å². The van der Waals surface area contributed by atoms with Gasteiger partial charge in [0.1, 0.15) is 0 Å². The fourth-order valence-electron chi connectivity index (χ4n) is 2.08. The van der Waals surface area contributed by atoms with Crippen molar-refractivity contribution in [1.82, 2.24) is 4.98 Å². The van der Waals surface area contributed by atoms with Gasteiger partial charge in [-0.05, 0) is 24.6 Å². The summed E-state index contributed by atoms with van der Waals surface area (Å²) in [5.74, 6) is 0.346. The first-order chi connectivity index (χ1) is 9.69. The number of benzene rings is 1. The Kier molecular flexibility index (Phi) is 3.06. The SMILES string of the molecule is CCCc1nc(-c2ccc3c(c2)OCO3)oc1C(=O)O. The lowest BCUT2D eigenvalue weighted by Crippen LogP contribution is -1.99. The van der Waals surface area contributed by atoms with Crippen LogP contribution in [0.4, 0.5) is 0 Å². The Bertz CT molecular complexity index is 662. The predicted octanol–water partition coefficient (Wildman–Crippen LogP) is 2.72. The van der Waals surface area contributed by atoms with Crippen LogP contribution in [0.5, 0.6) is 11.5 Å². The van der Waals surface area contributed by atoms with Gasteiger partial charge < -0.3 is 19.0 Å². The molecule has 0 saturated heterocycles. The number of ether oxygens (including phenoxy) is 2. The van der Waals surface area contributed by atoms with E-state index in [0.29, 0.717) is 29.2 Å². The monoisotopic (exact) mass is 275 g/mol. The summed E-state index contributed by atoms with van der Waals surface area (Å²) < 4.78 is 15.9. The van der Waals surface area contributed by atoms with Gasteiger partial charge in [-0.3, -0.25) is 0 Å². The Morgan fingerprint density at radius 3 is 2.90 bits per heavy atom. The van der Waals surface area contributed by atoms with E-state index in [2.05, 4.69) is 4.98 Å². The van der Waals surface area contributed by atoms with Crippen molar-refractivity contribution in [1.29, 1.82) is 0 Å². The van der Waals surface area contributed by atoms with Crippen LogP contribution in [-0.2, 0) is 6.42 Å². The molecule has 1 aliphatic heterocycles. The van der Waals surface area contributed by atoms with E-state index in [4.69, 9.17) is 19.0 Å². The van der Waals surface area contributed by atoms with Crippen molar-refractivity contribution in [3.8, 4) is 23.0 Å². The minimum atomic E-state index is -1.10. The Balaban J connectivity index is 2.01. The van der Waals surface area contributed by atoms with Crippen LogP contribution in [0.1, 0.15) is 29.6 Å². The molecule has 1 N–H and O–H groups in total. The van der Waals surface area contributed by atoms with Crippen LogP contribution < -0.4 is 9.47 Å². The molecule has 20 heavy (non-hydrogen) atoms. The van der Waals surface area contributed by atoms with Crippen molar-refractivity contribution < 1.29 is 23.8 Å². The Labute approximate surface area is 115 Å². The number of hydrogen-bond acceptors (Lipinski definition) is 5. The molecule has 0 saturated carbocycles. The summed E-state index contributed by atoms with van der Waals surface area (Å²) in [6.07, 6.45) is 1.36. The fraction of sp³-hybridized carbons (Fsp3) is 0.286. The third-order valence-electron chi connectivity index (χ3n) is 3.00. The van der Waals surface area contributed by atoms with Gasteiger partial charge in [0, 0.05) is 5.56 Å². The molecule has 0 unspecified atom stereocenters. The molecule has 6 nitrogen and oxygen atoms in total. The van der Waals surface area contributed by atoms with Crippen LogP contribution in [-0.4, -0.2) is 22.9 Å². The molecule has 1 aromatic heterocycles. The van der Waals surface area contributed by atoms with E-state index in [1.54, 1.807) is 18.2 Å². The topological polar surface area (TPSA) is 81.8 Å². The van der Waals surface area contributed by atoms with Gasteiger partial charge in [0.15, 0.2) is 11.5 Å². The molecule has 0 aliphatic carbocycles. The van der Waals surface area contributed by atoms with Crippen molar-refractivity contribution in [2.45, 2.75) is 19.8 Å². The van der Waals surface area contributed by atoms with Gasteiger partial charge in [-0.1, -0.05) is 13.3 Å². The summed E-state index contributed by atoms with van der Waals surface area (Å²) in [4.78, 5) is 15.4. The second-order valence-electron chi connectivity index (χ2n) is 4.42. The minimum Gasteiger partial charge on any atom is -0.475 e. The number of oxazole rings is 1. The third kappa shape index (κ3) is 2.09. The van der Waals surface area contributed by atoms with Crippen molar-refractivity contribution in [2.24, 2.45) is 0 Å². The lowest BCUT2D eigenvalue weighted by molar-refractivity contribution is 0.0661. The summed E-state index contributed by atoms with van der Waals surface area (Å²) in [5.41, 5.74) is 1.13. The number of carbonyl (C=O) groups is 1. The van der Waals surface area contributed by atoms with E-state index in [0.717, 1.165) is 6.42 Å². The summed E-state index contributed by atoms with van der Waals surface area (Å²) >= 11 is 0. The fourth-order valence-corrected chi connectivity index (χ4v) is 2.08. The van der Waals surface area contributed by atoms with E-state index in [-0.39, 0.29) is 18.4 Å². The molecule has 0 bridgehead atoms. The molecule has 2 aromatic rings. The van der Waals surface area contributed by atoms with Gasteiger partial charge in [-0.2, -0.15) is 0 Å². The maximum atomic E-state index is 11.2. The van der Waals surface area contributed by atoms with E-state index in [9.17, 15) is 4.79 Å². The zero-order chi connectivity index (χ0) is 14.1. The van der Waals surface area contributed by atoms with E-state index >= 15 is 0 Å². The molecular formula is C14H13NO5. The molecular weight excluding hydrogens is 262 g/mol. The van der Waals surface area contributed by atoms with Gasteiger partial charge >= 0.3 is 5.97 Å². The summed E-state index contributed by atoms with van der Waals surface area (Å²) in [5, 5.41) is 9.13. The number of fused-ring (bicyclic) bond motifs is 1. The quantitative estimate of drug-likeness (QED) is 0.923. The van der Waals surface area contributed by atoms with Gasteiger partial charge in [0.2, 0.25) is 18.4 Å². The highest BCUT2D eigenvalue weighted by Gasteiger charge is 2.21. The van der Waals surface area contributed by atoms with Crippen molar-refractivity contribution in [3.63, 3.8) is 0 Å². The van der Waals surface area contributed by atoms with Crippen LogP contribution in [0.25, 0.3) is 11.5 Å². The Hall–Kier alpha value is -2.50. The highest BCUT2D eigenvalue weighted by molar-refractivity contribution is 5.86. The molecule has 104 valence electrons. The number of carboxylic acids is 1. The van der Waals surface area contributed by atoms with Gasteiger partial charge in [-0.25, -0.2) is 9.78 Å². The third-order valence-corrected chi connectivity index (χ3v) is 3.00. The van der Waals surface area contributed by atoms with Crippen LogP contribution in [0.15, 0.2) is 22.6 Å². The Morgan fingerprint density at radius 1 is 1.35 bits per heavy atom. The van der Waals surface area contributed by atoms with Crippen LogP contribution in [0, 0.1) is 0 Å². The zero-order valence-electron chi connectivity index (χ0n) is 10.9. The molecule has 0 atom stereocenters. The molecule has 6 heteroatoms. The van der Waals surface area contributed by atoms with Crippen LogP contribution in [0.3, 0.4) is 0 Å². The molecule has 2 heterocycles. The van der Waals surface area contributed by atoms with Crippen LogP contribution in [0.2, 0.25) is 0 Å². The van der Waals surface area contributed by atoms with Crippen molar-refractivity contribution in [2.75, 3.05) is 6.79 Å². The van der Waals surface area contributed by atoms with E-state index < -0.39 is 5.97 Å². The summed E-state index contributed by atoms with van der Waals surface area (Å²) in [6.45, 7) is 2.15. The molecule has 0 radical (unpaired) electrons. The highest BCUT2D eigenvalue weighted by Crippen LogP contribution is 2.36. The molecule has 0 amide bonds. The molecule has 0 fully saturated rings. The molecule has 3 rings (SSSR count). The summed E-state index contributed by atoms with van der Waals surface area (Å²) in [6, 6.07) is 5.25. The minimum absolute atomic E-state index is 0.0977. The first-order valence-corrected chi connectivity index (χ1v) is 6.32. The predicted molar refractivity (Wildman–Crippen MR) is 69.0 cm³/mol. The number of aromatic carboxylic acids is 1. The second-order valence-corrected chi connectivity index (χ2v) is 4.42. The molecule has 1 aliphatic rings. The lowest BCUT2D eigenvalue weighted by atomic mass is 10.2. The molecule has 1 aromatic carbocycles. The standard InChI is InChI=1S/C14H13NO5/c1-2-3-9-12(14(16)17)20-13(15-9)8-4-5-10-11(6-8)19-7-18-10/h4-6H,2-3,7H2,1H3,(H,16,17). The maximum absolute atomic E-state index is 11.2. The van der Waals surface area contributed by atoms with E-state index in [1.165, 1.54) is 0 Å². The number of rotatable bonds is 4. The van der Waals surface area contributed by atoms with Crippen LogP contribution >= 0.6 is 0 Å². The van der Waals surface area contributed by atoms with Gasteiger partial charge in [-0.15, -0.1) is 0 Å². The number of carboxylic acid groups (broad SMARTS) is 1. The second kappa shape index (κ2) is 4.88. The lowest BCUT2D eigenvalue weighted by Gasteiger charge is -1.98. The largest absolute Gasteiger partial charge is 0.475 e. The average molecular weight is 275 g/mol. The summed E-state index contributed by atoms with van der Waals surface area (Å²) in [7, 11) is 0. The zero-order valence-corrected chi connectivity index (χ0v) is 10.9. The van der Waals surface area contributed by atoms with E-state index in [1.807, 2.05) is 6.92 Å². The first-order valence-electron chi connectivity index (χ1n) is 6.32. The maximum Gasteiger partial charge on any atom is 0.373 e. The highest BCUT2D eigenvalue weighted by atomic mass is 16.7. The number of aromatic nitrogens is 1. The number of hydrogen-bond donors (Lipinski definition) is 1. The smallest absolute Gasteiger partial charge is 0.373 e.